The smallest absolute Gasteiger partial charge is 0.273 e. The zero-order chi connectivity index (χ0) is 22.0. The van der Waals surface area contributed by atoms with Gasteiger partial charge in [0.1, 0.15) is 11.9 Å². The molecular weight excluding hydrogens is 418 g/mol. The fourth-order valence-electron chi connectivity index (χ4n) is 3.46. The van der Waals surface area contributed by atoms with Crippen molar-refractivity contribution in [3.05, 3.63) is 98.0 Å². The molecule has 2 N–H and O–H groups in total. The molecule has 0 aliphatic heterocycles. The first-order valence-electron chi connectivity index (χ1n) is 9.68. The fourth-order valence-corrected chi connectivity index (χ4v) is 3.58. The van der Waals surface area contributed by atoms with Crippen molar-refractivity contribution in [2.24, 2.45) is 7.05 Å². The van der Waals surface area contributed by atoms with E-state index in [9.17, 15) is 14.4 Å². The number of fused-ring (bicyclic) bond motifs is 1. The number of carbonyl (C=O) groups is 1. The van der Waals surface area contributed by atoms with Crippen LogP contribution in [0.3, 0.4) is 0 Å². The van der Waals surface area contributed by atoms with Gasteiger partial charge in [-0.2, -0.15) is 0 Å². The Labute approximate surface area is 182 Å². The number of halogens is 1. The van der Waals surface area contributed by atoms with Crippen molar-refractivity contribution in [3.63, 3.8) is 0 Å². The first-order valence-corrected chi connectivity index (χ1v) is 10.1. The number of amides is 1. The second-order valence-electron chi connectivity index (χ2n) is 7.14. The van der Waals surface area contributed by atoms with Crippen LogP contribution in [-0.4, -0.2) is 25.2 Å². The Balaban J connectivity index is 1.55. The number of hydrogen-bond acceptors (Lipinski definition) is 4. The molecule has 0 saturated carbocycles. The molecule has 2 heterocycles. The van der Waals surface area contributed by atoms with Crippen LogP contribution in [0.2, 0.25) is 5.02 Å². The van der Waals surface area contributed by atoms with Gasteiger partial charge in [0.05, 0.1) is 17.3 Å². The van der Waals surface area contributed by atoms with Gasteiger partial charge in [0.25, 0.3) is 11.1 Å². The van der Waals surface area contributed by atoms with Crippen molar-refractivity contribution in [3.8, 4) is 0 Å². The zero-order valence-corrected chi connectivity index (χ0v) is 17.5. The minimum Gasteiger partial charge on any atom is -0.342 e. The van der Waals surface area contributed by atoms with Crippen LogP contribution in [0.4, 0.5) is 0 Å². The van der Waals surface area contributed by atoms with E-state index in [0.717, 1.165) is 5.56 Å². The van der Waals surface area contributed by atoms with Gasteiger partial charge in [-0.1, -0.05) is 35.9 Å². The van der Waals surface area contributed by atoms with Crippen molar-refractivity contribution in [2.75, 3.05) is 0 Å². The lowest BCUT2D eigenvalue weighted by Gasteiger charge is -2.19. The molecule has 31 heavy (non-hydrogen) atoms. The van der Waals surface area contributed by atoms with Gasteiger partial charge >= 0.3 is 0 Å². The highest BCUT2D eigenvalue weighted by Crippen LogP contribution is 2.22. The number of nitrogens with one attached hydrogen (secondary N) is 2. The quantitative estimate of drug-likeness (QED) is 0.483. The number of aromatic amines is 1. The van der Waals surface area contributed by atoms with Gasteiger partial charge in [0.15, 0.2) is 0 Å². The largest absolute Gasteiger partial charge is 0.342 e. The third kappa shape index (κ3) is 4.29. The standard InChI is InChI=1S/C22H20ClN5O3/c1-27-13-11-24-20(27)19(14-6-8-15(23)9-7-14)25-18(29)10-12-28-22(31)17-5-3-2-4-16(17)21(30)26-28/h2-9,11,13,19H,10,12H2,1H3,(H,25,29)(H,26,30). The molecule has 9 heteroatoms. The Morgan fingerprint density at radius 1 is 1.13 bits per heavy atom. The highest BCUT2D eigenvalue weighted by molar-refractivity contribution is 6.30. The Morgan fingerprint density at radius 2 is 1.84 bits per heavy atom. The topological polar surface area (TPSA) is 102 Å². The minimum atomic E-state index is -0.489. The predicted molar refractivity (Wildman–Crippen MR) is 118 cm³/mol. The molecule has 1 atom stereocenters. The summed E-state index contributed by atoms with van der Waals surface area (Å²) in [6.07, 6.45) is 3.45. The van der Waals surface area contributed by atoms with Crippen LogP contribution in [0, 0.1) is 0 Å². The van der Waals surface area contributed by atoms with Crippen LogP contribution in [0.1, 0.15) is 23.9 Å². The molecule has 8 nitrogen and oxygen atoms in total. The molecule has 2 aromatic heterocycles. The fraction of sp³-hybridized carbons (Fsp3) is 0.182. The van der Waals surface area contributed by atoms with Crippen molar-refractivity contribution in [1.29, 1.82) is 0 Å². The van der Waals surface area contributed by atoms with E-state index in [2.05, 4.69) is 15.4 Å². The van der Waals surface area contributed by atoms with Crippen molar-refractivity contribution in [2.45, 2.75) is 19.0 Å². The summed E-state index contributed by atoms with van der Waals surface area (Å²) in [7, 11) is 1.84. The molecule has 0 fully saturated rings. The maximum Gasteiger partial charge on any atom is 0.273 e. The summed E-state index contributed by atoms with van der Waals surface area (Å²) in [6.45, 7) is 0.0403. The highest BCUT2D eigenvalue weighted by atomic mass is 35.5. The number of H-pyrrole nitrogens is 1. The van der Waals surface area contributed by atoms with Crippen LogP contribution < -0.4 is 16.4 Å². The number of aromatic nitrogens is 4. The molecule has 1 unspecified atom stereocenters. The molecule has 0 saturated heterocycles. The number of carbonyl (C=O) groups excluding carboxylic acids is 1. The molecular formula is C22H20ClN5O3. The van der Waals surface area contributed by atoms with E-state index in [1.807, 2.05) is 23.7 Å². The summed E-state index contributed by atoms with van der Waals surface area (Å²) in [4.78, 5) is 42.0. The summed E-state index contributed by atoms with van der Waals surface area (Å²) >= 11 is 6.00. The molecule has 4 rings (SSSR count). The summed E-state index contributed by atoms with van der Waals surface area (Å²) in [6, 6.07) is 13.2. The van der Waals surface area contributed by atoms with Gasteiger partial charge in [-0.3, -0.25) is 19.5 Å². The molecule has 2 aromatic carbocycles. The lowest BCUT2D eigenvalue weighted by molar-refractivity contribution is -0.121. The second kappa shape index (κ2) is 8.61. The Bertz CT molecular complexity index is 1350. The summed E-state index contributed by atoms with van der Waals surface area (Å²) in [5, 5.41) is 6.74. The number of nitrogens with zero attached hydrogens (tertiary/aromatic N) is 3. The summed E-state index contributed by atoms with van der Waals surface area (Å²) in [5.41, 5.74) is 0.104. The normalized spacial score (nSPS) is 12.1. The summed E-state index contributed by atoms with van der Waals surface area (Å²) < 4.78 is 2.99. The third-order valence-corrected chi connectivity index (χ3v) is 5.32. The van der Waals surface area contributed by atoms with E-state index in [1.165, 1.54) is 4.68 Å². The van der Waals surface area contributed by atoms with Crippen LogP contribution in [0.25, 0.3) is 10.8 Å². The number of rotatable bonds is 6. The van der Waals surface area contributed by atoms with Crippen LogP contribution in [-0.2, 0) is 18.4 Å². The van der Waals surface area contributed by atoms with E-state index in [1.54, 1.807) is 48.8 Å². The molecule has 0 aliphatic rings. The Kier molecular flexibility index (Phi) is 5.73. The number of hydrogen-bond donors (Lipinski definition) is 2. The minimum absolute atomic E-state index is 0.00268. The molecule has 1 amide bonds. The Hall–Kier alpha value is -3.65. The van der Waals surface area contributed by atoms with E-state index >= 15 is 0 Å². The average Bonchev–Trinajstić information content (AvgIpc) is 3.20. The van der Waals surface area contributed by atoms with Crippen LogP contribution in [0.5, 0.6) is 0 Å². The predicted octanol–water partition coefficient (Wildman–Crippen LogP) is 2.37. The third-order valence-electron chi connectivity index (χ3n) is 5.07. The molecule has 4 aromatic rings. The van der Waals surface area contributed by atoms with Crippen LogP contribution >= 0.6 is 11.6 Å². The lowest BCUT2D eigenvalue weighted by Crippen LogP contribution is -2.34. The molecule has 0 aliphatic carbocycles. The second-order valence-corrected chi connectivity index (χ2v) is 7.58. The summed E-state index contributed by atoms with van der Waals surface area (Å²) in [5.74, 6) is 0.371. The molecule has 0 radical (unpaired) electrons. The van der Waals surface area contributed by atoms with E-state index in [-0.39, 0.29) is 30.0 Å². The molecule has 158 valence electrons. The average molecular weight is 438 g/mol. The van der Waals surface area contributed by atoms with Gasteiger partial charge in [-0.15, -0.1) is 0 Å². The van der Waals surface area contributed by atoms with Crippen molar-refractivity contribution < 1.29 is 4.79 Å². The number of aryl methyl sites for hydroxylation is 2. The molecule has 0 bridgehead atoms. The van der Waals surface area contributed by atoms with Gasteiger partial charge in [0, 0.05) is 30.9 Å². The van der Waals surface area contributed by atoms with E-state index < -0.39 is 6.04 Å². The first kappa shape index (κ1) is 20.6. The zero-order valence-electron chi connectivity index (χ0n) is 16.7. The Morgan fingerprint density at radius 3 is 2.52 bits per heavy atom. The number of benzene rings is 2. The van der Waals surface area contributed by atoms with Crippen LogP contribution in [0.15, 0.2) is 70.5 Å². The monoisotopic (exact) mass is 437 g/mol. The van der Waals surface area contributed by atoms with Gasteiger partial charge in [-0.25, -0.2) is 9.67 Å². The van der Waals surface area contributed by atoms with Crippen molar-refractivity contribution >= 4 is 28.3 Å². The van der Waals surface area contributed by atoms with Gasteiger partial charge in [0.2, 0.25) is 5.91 Å². The first-order chi connectivity index (χ1) is 14.9. The maximum absolute atomic E-state index is 12.8. The molecule has 0 spiro atoms. The highest BCUT2D eigenvalue weighted by Gasteiger charge is 2.21. The number of imidazole rings is 1. The van der Waals surface area contributed by atoms with E-state index in [0.29, 0.717) is 21.6 Å². The lowest BCUT2D eigenvalue weighted by atomic mass is 10.1. The van der Waals surface area contributed by atoms with E-state index in [4.69, 9.17) is 11.6 Å². The SMILES string of the molecule is Cn1ccnc1C(NC(=O)CCn1[nH]c(=O)c2ccccc2c1=O)c1ccc(Cl)cc1. The van der Waals surface area contributed by atoms with Gasteiger partial charge in [-0.05, 0) is 29.8 Å². The van der Waals surface area contributed by atoms with Gasteiger partial charge < -0.3 is 9.88 Å². The maximum atomic E-state index is 12.8. The van der Waals surface area contributed by atoms with Crippen molar-refractivity contribution in [1.82, 2.24) is 24.6 Å².